The standard InChI is InChI=1S/C43H30N4O2/c1-46-37-23-22-31(25-38(37)47(2)43(46)48)30-12-8-13-32(24-30)36-26-35(44-42(45-36)29-10-4-3-5-11-29)28-20-18-27(19-21-28)33-15-9-17-40-41(33)34-14-6-7-16-39(34)49-40/h3-26H,1-2H3. The fourth-order valence-corrected chi connectivity index (χ4v) is 6.84. The topological polar surface area (TPSA) is 65.8 Å². The highest BCUT2D eigenvalue weighted by atomic mass is 16.3. The van der Waals surface area contributed by atoms with Crippen molar-refractivity contribution in [2.24, 2.45) is 14.1 Å². The number of fused-ring (bicyclic) bond motifs is 4. The van der Waals surface area contributed by atoms with Crippen LogP contribution in [0, 0.1) is 0 Å². The van der Waals surface area contributed by atoms with Crippen LogP contribution in [0.2, 0.25) is 0 Å². The van der Waals surface area contributed by atoms with E-state index in [0.717, 1.165) is 83.3 Å². The second-order valence-electron chi connectivity index (χ2n) is 12.4. The minimum atomic E-state index is -0.0390. The van der Waals surface area contributed by atoms with Crippen molar-refractivity contribution in [2.45, 2.75) is 0 Å². The van der Waals surface area contributed by atoms with Gasteiger partial charge in [0.15, 0.2) is 5.82 Å². The fraction of sp³-hybridized carbons (Fsp3) is 0.0465. The Kier molecular flexibility index (Phi) is 6.62. The minimum absolute atomic E-state index is 0.0390. The molecule has 49 heavy (non-hydrogen) atoms. The molecular weight excluding hydrogens is 604 g/mol. The number of para-hydroxylation sites is 1. The molecule has 0 unspecified atom stereocenters. The lowest BCUT2D eigenvalue weighted by molar-refractivity contribution is 0.669. The Bertz CT molecular complexity index is 2750. The average Bonchev–Trinajstić information content (AvgIpc) is 3.65. The van der Waals surface area contributed by atoms with Crippen LogP contribution in [-0.4, -0.2) is 19.1 Å². The van der Waals surface area contributed by atoms with Crippen molar-refractivity contribution in [3.63, 3.8) is 0 Å². The average molecular weight is 635 g/mol. The second kappa shape index (κ2) is 11.3. The summed E-state index contributed by atoms with van der Waals surface area (Å²) in [4.78, 5) is 22.7. The molecule has 0 amide bonds. The number of hydrogen-bond donors (Lipinski definition) is 0. The smallest absolute Gasteiger partial charge is 0.328 e. The number of benzene rings is 6. The van der Waals surface area contributed by atoms with Crippen LogP contribution in [0.3, 0.4) is 0 Å². The van der Waals surface area contributed by atoms with Gasteiger partial charge in [-0.25, -0.2) is 14.8 Å². The summed E-state index contributed by atoms with van der Waals surface area (Å²) in [5, 5.41) is 2.23. The second-order valence-corrected chi connectivity index (χ2v) is 12.4. The van der Waals surface area contributed by atoms with E-state index in [2.05, 4.69) is 84.9 Å². The number of imidazole rings is 1. The molecule has 0 saturated heterocycles. The molecule has 234 valence electrons. The highest BCUT2D eigenvalue weighted by Crippen LogP contribution is 2.37. The molecule has 3 aromatic heterocycles. The molecule has 0 aliphatic heterocycles. The monoisotopic (exact) mass is 634 g/mol. The van der Waals surface area contributed by atoms with Crippen LogP contribution in [0.4, 0.5) is 0 Å². The first kappa shape index (κ1) is 28.7. The van der Waals surface area contributed by atoms with Gasteiger partial charge in [-0.15, -0.1) is 0 Å². The molecule has 6 aromatic carbocycles. The van der Waals surface area contributed by atoms with E-state index in [1.54, 1.807) is 16.2 Å². The quantitative estimate of drug-likeness (QED) is 0.189. The van der Waals surface area contributed by atoms with Crippen molar-refractivity contribution in [3.8, 4) is 56.2 Å². The molecule has 0 atom stereocenters. The third kappa shape index (κ3) is 4.85. The van der Waals surface area contributed by atoms with Gasteiger partial charge in [0.2, 0.25) is 0 Å². The molecule has 0 spiro atoms. The molecule has 0 N–H and O–H groups in total. The molecule has 9 aromatic rings. The van der Waals surface area contributed by atoms with Gasteiger partial charge in [0.1, 0.15) is 11.2 Å². The zero-order chi connectivity index (χ0) is 33.1. The number of nitrogens with zero attached hydrogens (tertiary/aromatic N) is 4. The van der Waals surface area contributed by atoms with Gasteiger partial charge in [0.05, 0.1) is 22.4 Å². The number of aryl methyl sites for hydroxylation is 2. The Morgan fingerprint density at radius 2 is 1.10 bits per heavy atom. The molecule has 6 nitrogen and oxygen atoms in total. The first-order valence-corrected chi connectivity index (χ1v) is 16.2. The van der Waals surface area contributed by atoms with E-state index in [9.17, 15) is 4.79 Å². The molecule has 9 rings (SSSR count). The van der Waals surface area contributed by atoms with Crippen LogP contribution in [0.25, 0.3) is 89.1 Å². The fourth-order valence-electron chi connectivity index (χ4n) is 6.84. The van der Waals surface area contributed by atoms with Gasteiger partial charge in [-0.05, 0) is 58.7 Å². The molecule has 0 bridgehead atoms. The van der Waals surface area contributed by atoms with Crippen LogP contribution in [-0.2, 0) is 14.1 Å². The van der Waals surface area contributed by atoms with Gasteiger partial charge >= 0.3 is 5.69 Å². The molecule has 3 heterocycles. The van der Waals surface area contributed by atoms with Gasteiger partial charge in [0.25, 0.3) is 0 Å². The Balaban J connectivity index is 1.14. The van der Waals surface area contributed by atoms with Crippen molar-refractivity contribution >= 4 is 33.0 Å². The van der Waals surface area contributed by atoms with E-state index in [1.807, 2.05) is 67.7 Å². The normalized spacial score (nSPS) is 11.6. The maximum atomic E-state index is 12.6. The van der Waals surface area contributed by atoms with Gasteiger partial charge in [-0.3, -0.25) is 9.13 Å². The van der Waals surface area contributed by atoms with Gasteiger partial charge in [-0.2, -0.15) is 0 Å². The Morgan fingerprint density at radius 1 is 0.490 bits per heavy atom. The van der Waals surface area contributed by atoms with E-state index in [1.165, 1.54) is 0 Å². The summed E-state index contributed by atoms with van der Waals surface area (Å²) in [7, 11) is 3.61. The summed E-state index contributed by atoms with van der Waals surface area (Å²) in [5.74, 6) is 0.665. The number of rotatable bonds is 5. The first-order chi connectivity index (χ1) is 24.0. The Morgan fingerprint density at radius 3 is 1.94 bits per heavy atom. The van der Waals surface area contributed by atoms with Crippen molar-refractivity contribution in [3.05, 3.63) is 156 Å². The minimum Gasteiger partial charge on any atom is -0.456 e. The van der Waals surface area contributed by atoms with Gasteiger partial charge in [0, 0.05) is 41.6 Å². The zero-order valence-electron chi connectivity index (χ0n) is 27.0. The largest absolute Gasteiger partial charge is 0.456 e. The van der Waals surface area contributed by atoms with Crippen LogP contribution in [0.15, 0.2) is 155 Å². The lowest BCUT2D eigenvalue weighted by Crippen LogP contribution is -2.19. The van der Waals surface area contributed by atoms with Crippen LogP contribution < -0.4 is 5.69 Å². The summed E-state index contributed by atoms with van der Waals surface area (Å²) in [6, 6.07) is 49.7. The molecule has 0 saturated carbocycles. The summed E-state index contributed by atoms with van der Waals surface area (Å²) in [6.07, 6.45) is 0. The molecule has 0 radical (unpaired) electrons. The van der Waals surface area contributed by atoms with Crippen LogP contribution in [0.1, 0.15) is 0 Å². The predicted molar refractivity (Wildman–Crippen MR) is 198 cm³/mol. The zero-order valence-corrected chi connectivity index (χ0v) is 27.0. The summed E-state index contributed by atoms with van der Waals surface area (Å²) in [6.45, 7) is 0. The summed E-state index contributed by atoms with van der Waals surface area (Å²) >= 11 is 0. The van der Waals surface area contributed by atoms with Crippen molar-refractivity contribution in [2.75, 3.05) is 0 Å². The number of hydrogen-bond acceptors (Lipinski definition) is 4. The first-order valence-electron chi connectivity index (χ1n) is 16.2. The maximum absolute atomic E-state index is 12.6. The lowest BCUT2D eigenvalue weighted by Gasteiger charge is -2.11. The molecule has 0 aliphatic carbocycles. The van der Waals surface area contributed by atoms with Crippen molar-refractivity contribution in [1.29, 1.82) is 0 Å². The van der Waals surface area contributed by atoms with E-state index >= 15 is 0 Å². The van der Waals surface area contributed by atoms with E-state index < -0.39 is 0 Å². The highest BCUT2D eigenvalue weighted by molar-refractivity contribution is 6.12. The SMILES string of the molecule is Cn1c(=O)n(C)c2cc(-c3cccc(-c4cc(-c5ccc(-c6cccc7oc8ccccc8c67)cc5)nc(-c5ccccc5)n4)c3)ccc21. The van der Waals surface area contributed by atoms with Crippen molar-refractivity contribution < 1.29 is 4.42 Å². The Labute approximate surface area is 282 Å². The maximum Gasteiger partial charge on any atom is 0.328 e. The number of aromatic nitrogens is 4. The third-order valence-corrected chi connectivity index (χ3v) is 9.42. The van der Waals surface area contributed by atoms with E-state index in [4.69, 9.17) is 14.4 Å². The summed E-state index contributed by atoms with van der Waals surface area (Å²) < 4.78 is 9.52. The lowest BCUT2D eigenvalue weighted by atomic mass is 9.97. The highest BCUT2D eigenvalue weighted by Gasteiger charge is 2.15. The molecule has 0 aliphatic rings. The van der Waals surface area contributed by atoms with E-state index in [0.29, 0.717) is 5.82 Å². The third-order valence-electron chi connectivity index (χ3n) is 9.42. The molecule has 0 fully saturated rings. The number of furan rings is 1. The van der Waals surface area contributed by atoms with E-state index in [-0.39, 0.29) is 5.69 Å². The Hall–Kier alpha value is -6.53. The van der Waals surface area contributed by atoms with Crippen LogP contribution in [0.5, 0.6) is 0 Å². The summed E-state index contributed by atoms with van der Waals surface area (Å²) in [5.41, 5.74) is 12.5. The molecule has 6 heteroatoms. The van der Waals surface area contributed by atoms with Crippen molar-refractivity contribution in [1.82, 2.24) is 19.1 Å². The van der Waals surface area contributed by atoms with Gasteiger partial charge < -0.3 is 4.42 Å². The van der Waals surface area contributed by atoms with Crippen LogP contribution >= 0.6 is 0 Å². The molecular formula is C43H30N4O2. The van der Waals surface area contributed by atoms with Gasteiger partial charge in [-0.1, -0.05) is 109 Å². The predicted octanol–water partition coefficient (Wildman–Crippen LogP) is 9.90.